The number of para-hydroxylation sites is 1. The molecule has 0 saturated carbocycles. The van der Waals surface area contributed by atoms with Crippen LogP contribution in [0.15, 0.2) is 18.2 Å². The molecule has 0 aromatic heterocycles. The third kappa shape index (κ3) is 3.00. The number of ether oxygens (including phenoxy) is 1. The van der Waals surface area contributed by atoms with Crippen LogP contribution in [0.1, 0.15) is 30.1 Å². The molecule has 1 aliphatic rings. The fourth-order valence-electron chi connectivity index (χ4n) is 2.56. The summed E-state index contributed by atoms with van der Waals surface area (Å²) in [5.74, 6) is -1.11. The van der Waals surface area contributed by atoms with Gasteiger partial charge in [0.25, 0.3) is 0 Å². The largest absolute Gasteiger partial charge is 0.489 e. The van der Waals surface area contributed by atoms with Gasteiger partial charge in [-0.05, 0) is 18.6 Å². The number of benzene rings is 1. The number of rotatable bonds is 5. The minimum atomic E-state index is -1.06. The average Bonchev–Trinajstić information content (AvgIpc) is 2.50. The highest BCUT2D eigenvalue weighted by Gasteiger charge is 2.30. The summed E-state index contributed by atoms with van der Waals surface area (Å²) in [4.78, 5) is 25.4. The fourth-order valence-corrected chi connectivity index (χ4v) is 2.56. The van der Waals surface area contributed by atoms with Crippen LogP contribution < -0.4 is 15.4 Å². The predicted molar refractivity (Wildman–Crippen MR) is 78.7 cm³/mol. The molecule has 1 amide bonds. The minimum absolute atomic E-state index is 0.0635. The van der Waals surface area contributed by atoms with Crippen molar-refractivity contribution < 1.29 is 19.4 Å². The summed E-state index contributed by atoms with van der Waals surface area (Å²) in [6, 6.07) is 4.80. The molecule has 3 N–H and O–H groups in total. The summed E-state index contributed by atoms with van der Waals surface area (Å²) in [7, 11) is 0. The highest BCUT2D eigenvalue weighted by molar-refractivity contribution is 6.00. The van der Waals surface area contributed by atoms with Gasteiger partial charge in [0.1, 0.15) is 12.2 Å². The molecule has 1 aliphatic heterocycles. The van der Waals surface area contributed by atoms with Crippen molar-refractivity contribution in [3.63, 3.8) is 0 Å². The number of carboxylic acid groups (broad SMARTS) is 1. The number of carbonyl (C=O) groups is 2. The molecule has 1 atom stereocenters. The summed E-state index contributed by atoms with van der Waals surface area (Å²) in [6.45, 7) is 2.99. The maximum atomic E-state index is 12.6. The van der Waals surface area contributed by atoms with Gasteiger partial charge in [-0.25, -0.2) is 4.79 Å². The Morgan fingerprint density at radius 1 is 1.48 bits per heavy atom. The number of hydrogen-bond acceptors (Lipinski definition) is 4. The number of nitrogens with zero attached hydrogens (tertiary/aromatic N) is 1. The molecule has 1 heterocycles. The first kappa shape index (κ1) is 15.3. The third-order valence-electron chi connectivity index (χ3n) is 3.61. The second kappa shape index (κ2) is 6.58. The maximum Gasteiger partial charge on any atom is 0.339 e. The van der Waals surface area contributed by atoms with Gasteiger partial charge in [-0.1, -0.05) is 19.4 Å². The quantitative estimate of drug-likeness (QED) is 0.857. The molecule has 6 heteroatoms. The first-order chi connectivity index (χ1) is 10.1. The smallest absolute Gasteiger partial charge is 0.339 e. The number of nitrogens with two attached hydrogens (primary N) is 1. The molecule has 1 aromatic carbocycles. The summed E-state index contributed by atoms with van der Waals surface area (Å²) >= 11 is 0. The van der Waals surface area contributed by atoms with Gasteiger partial charge in [-0.15, -0.1) is 0 Å². The number of amides is 1. The van der Waals surface area contributed by atoms with Crippen molar-refractivity contribution in [1.82, 2.24) is 0 Å². The van der Waals surface area contributed by atoms with E-state index >= 15 is 0 Å². The SMILES string of the molecule is CCCC(CN)C(=O)N1CCOc2c(C(=O)O)cccc21. The highest BCUT2D eigenvalue weighted by Crippen LogP contribution is 2.35. The molecule has 1 unspecified atom stereocenters. The Labute approximate surface area is 123 Å². The highest BCUT2D eigenvalue weighted by atomic mass is 16.5. The van der Waals surface area contributed by atoms with Crippen LogP contribution in [-0.4, -0.2) is 36.7 Å². The second-order valence-electron chi connectivity index (χ2n) is 5.02. The van der Waals surface area contributed by atoms with Crippen molar-refractivity contribution in [3.05, 3.63) is 23.8 Å². The van der Waals surface area contributed by atoms with E-state index in [1.807, 2.05) is 6.92 Å². The van der Waals surface area contributed by atoms with E-state index in [0.717, 1.165) is 12.8 Å². The molecule has 0 saturated heterocycles. The van der Waals surface area contributed by atoms with Gasteiger partial charge < -0.3 is 20.5 Å². The van der Waals surface area contributed by atoms with Crippen LogP contribution in [0.2, 0.25) is 0 Å². The third-order valence-corrected chi connectivity index (χ3v) is 3.61. The van der Waals surface area contributed by atoms with Crippen LogP contribution in [0.3, 0.4) is 0 Å². The Balaban J connectivity index is 2.36. The van der Waals surface area contributed by atoms with Gasteiger partial charge in [0.05, 0.1) is 18.2 Å². The average molecular weight is 292 g/mol. The standard InChI is InChI=1S/C15H20N2O4/c1-2-4-10(9-16)14(18)17-7-8-21-13-11(15(19)20)5-3-6-12(13)17/h3,5-6,10H,2,4,7-9,16H2,1H3,(H,19,20). The Hall–Kier alpha value is -2.08. The van der Waals surface area contributed by atoms with Crippen molar-refractivity contribution in [2.24, 2.45) is 11.7 Å². The number of anilines is 1. The number of carbonyl (C=O) groups excluding carboxylic acids is 1. The van der Waals surface area contributed by atoms with Crippen LogP contribution >= 0.6 is 0 Å². The van der Waals surface area contributed by atoms with Gasteiger partial charge in [0, 0.05) is 6.54 Å². The molecule has 0 fully saturated rings. The maximum absolute atomic E-state index is 12.6. The van der Waals surface area contributed by atoms with E-state index in [-0.39, 0.29) is 36.3 Å². The van der Waals surface area contributed by atoms with Crippen LogP contribution in [-0.2, 0) is 4.79 Å². The van der Waals surface area contributed by atoms with E-state index in [1.165, 1.54) is 6.07 Å². The van der Waals surface area contributed by atoms with Gasteiger partial charge in [0.2, 0.25) is 5.91 Å². The van der Waals surface area contributed by atoms with Gasteiger partial charge in [0.15, 0.2) is 5.75 Å². The number of fused-ring (bicyclic) bond motifs is 1. The number of hydrogen-bond donors (Lipinski definition) is 2. The van der Waals surface area contributed by atoms with Crippen LogP contribution in [0.4, 0.5) is 5.69 Å². The molecule has 114 valence electrons. The molecule has 0 spiro atoms. The molecule has 2 rings (SSSR count). The summed E-state index contributed by atoms with van der Waals surface area (Å²) in [6.07, 6.45) is 1.60. The van der Waals surface area contributed by atoms with E-state index < -0.39 is 5.97 Å². The fraction of sp³-hybridized carbons (Fsp3) is 0.467. The zero-order valence-corrected chi connectivity index (χ0v) is 12.0. The van der Waals surface area contributed by atoms with E-state index in [2.05, 4.69) is 0 Å². The zero-order chi connectivity index (χ0) is 15.4. The van der Waals surface area contributed by atoms with Crippen LogP contribution in [0.5, 0.6) is 5.75 Å². The zero-order valence-electron chi connectivity index (χ0n) is 12.0. The van der Waals surface area contributed by atoms with Gasteiger partial charge in [-0.2, -0.15) is 0 Å². The Bertz CT molecular complexity index is 544. The summed E-state index contributed by atoms with van der Waals surface area (Å²) < 4.78 is 5.46. The van der Waals surface area contributed by atoms with Gasteiger partial charge in [-0.3, -0.25) is 4.79 Å². The minimum Gasteiger partial charge on any atom is -0.489 e. The lowest BCUT2D eigenvalue weighted by molar-refractivity contribution is -0.122. The lowest BCUT2D eigenvalue weighted by atomic mass is 10.0. The number of aromatic carboxylic acids is 1. The topological polar surface area (TPSA) is 92.9 Å². The molecule has 0 bridgehead atoms. The molecule has 0 radical (unpaired) electrons. The van der Waals surface area contributed by atoms with Crippen LogP contribution in [0, 0.1) is 5.92 Å². The van der Waals surface area contributed by atoms with E-state index in [1.54, 1.807) is 17.0 Å². The lowest BCUT2D eigenvalue weighted by Crippen LogP contribution is -2.43. The predicted octanol–water partition coefficient (Wildman–Crippen LogP) is 1.49. The summed E-state index contributed by atoms with van der Waals surface area (Å²) in [5, 5.41) is 9.20. The van der Waals surface area contributed by atoms with E-state index in [9.17, 15) is 14.7 Å². The van der Waals surface area contributed by atoms with Gasteiger partial charge >= 0.3 is 5.97 Å². The first-order valence-corrected chi connectivity index (χ1v) is 7.10. The molecule has 0 aliphatic carbocycles. The Morgan fingerprint density at radius 3 is 2.86 bits per heavy atom. The Morgan fingerprint density at radius 2 is 2.24 bits per heavy atom. The van der Waals surface area contributed by atoms with Crippen molar-refractivity contribution >= 4 is 17.6 Å². The molecule has 21 heavy (non-hydrogen) atoms. The molecular weight excluding hydrogens is 272 g/mol. The van der Waals surface area contributed by atoms with Crippen molar-refractivity contribution in [3.8, 4) is 5.75 Å². The first-order valence-electron chi connectivity index (χ1n) is 7.10. The lowest BCUT2D eigenvalue weighted by Gasteiger charge is -2.32. The normalized spacial score (nSPS) is 15.0. The molecule has 6 nitrogen and oxygen atoms in total. The Kier molecular flexibility index (Phi) is 4.80. The molecule has 1 aromatic rings. The molecular formula is C15H20N2O4. The van der Waals surface area contributed by atoms with Crippen molar-refractivity contribution in [1.29, 1.82) is 0 Å². The van der Waals surface area contributed by atoms with E-state index in [4.69, 9.17) is 10.5 Å². The number of carboxylic acids is 1. The second-order valence-corrected chi connectivity index (χ2v) is 5.02. The van der Waals surface area contributed by atoms with Crippen molar-refractivity contribution in [2.45, 2.75) is 19.8 Å². The van der Waals surface area contributed by atoms with Crippen LogP contribution in [0.25, 0.3) is 0 Å². The summed E-state index contributed by atoms with van der Waals surface area (Å²) in [5.41, 5.74) is 6.28. The van der Waals surface area contributed by atoms with E-state index in [0.29, 0.717) is 12.2 Å². The van der Waals surface area contributed by atoms with Crippen molar-refractivity contribution in [2.75, 3.05) is 24.6 Å². The monoisotopic (exact) mass is 292 g/mol.